The Balaban J connectivity index is 4.52. The highest BCUT2D eigenvalue weighted by atomic mass is 16.5. The van der Waals surface area contributed by atoms with Gasteiger partial charge < -0.3 is 20.3 Å². The van der Waals surface area contributed by atoms with E-state index in [-0.39, 0.29) is 24.9 Å². The Morgan fingerprint density at radius 1 is 0.483 bits per heavy atom. The Bertz CT molecular complexity index is 993. The summed E-state index contributed by atoms with van der Waals surface area (Å²) in [5, 5.41) is 23.8. The van der Waals surface area contributed by atoms with E-state index >= 15 is 0 Å². The zero-order chi connectivity index (χ0) is 43.8. The molecule has 0 saturated heterocycles. The van der Waals surface area contributed by atoms with Gasteiger partial charge in [-0.15, -0.1) is 0 Å². The number of amides is 1. The molecule has 0 saturated carbocycles. The van der Waals surface area contributed by atoms with Gasteiger partial charge in [0.15, 0.2) is 0 Å². The minimum absolute atomic E-state index is 0.0581. The van der Waals surface area contributed by atoms with Gasteiger partial charge in [-0.1, -0.05) is 218 Å². The van der Waals surface area contributed by atoms with Gasteiger partial charge in [-0.05, 0) is 77.0 Å². The first-order chi connectivity index (χ1) is 29.5. The molecule has 0 aliphatic rings. The lowest BCUT2D eigenvalue weighted by Gasteiger charge is -2.24. The molecule has 352 valence electrons. The Kier molecular flexibility index (Phi) is 46.6. The smallest absolute Gasteiger partial charge is 0.306 e. The van der Waals surface area contributed by atoms with Crippen molar-refractivity contribution in [3.05, 3.63) is 36.5 Å². The third-order valence-corrected chi connectivity index (χ3v) is 12.0. The summed E-state index contributed by atoms with van der Waals surface area (Å²) in [5.74, 6) is -0.515. The Hall–Kier alpha value is -1.92. The van der Waals surface area contributed by atoms with Crippen LogP contribution in [-0.4, -0.2) is 46.9 Å². The van der Waals surface area contributed by atoms with Crippen molar-refractivity contribution in [1.29, 1.82) is 0 Å². The number of hydrogen-bond acceptors (Lipinski definition) is 5. The number of nitrogens with one attached hydrogen (secondary N) is 1. The number of hydrogen-bond donors (Lipinski definition) is 3. The van der Waals surface area contributed by atoms with E-state index in [1.54, 1.807) is 0 Å². The van der Waals surface area contributed by atoms with Crippen LogP contribution in [0.2, 0.25) is 0 Å². The van der Waals surface area contributed by atoms with E-state index in [4.69, 9.17) is 4.74 Å². The van der Waals surface area contributed by atoms with Crippen LogP contribution >= 0.6 is 0 Å². The number of carbonyl (C=O) groups is 2. The summed E-state index contributed by atoms with van der Waals surface area (Å²) in [5.41, 5.74) is 0. The van der Waals surface area contributed by atoms with E-state index in [0.29, 0.717) is 19.3 Å². The average Bonchev–Trinajstić information content (AvgIpc) is 3.24. The summed E-state index contributed by atoms with van der Waals surface area (Å²) < 4.78 is 5.90. The molecule has 60 heavy (non-hydrogen) atoms. The molecule has 0 radical (unpaired) electrons. The lowest BCUT2D eigenvalue weighted by atomic mass is 10.0. The normalized spacial score (nSPS) is 13.5. The van der Waals surface area contributed by atoms with E-state index in [2.05, 4.69) is 62.5 Å². The number of aliphatic hydroxyl groups excluding tert-OH is 2. The van der Waals surface area contributed by atoms with Crippen LogP contribution in [0.5, 0.6) is 0 Å². The largest absolute Gasteiger partial charge is 0.462 e. The maximum atomic E-state index is 13.2. The molecule has 0 aliphatic heterocycles. The van der Waals surface area contributed by atoms with Gasteiger partial charge in [0.1, 0.15) is 6.10 Å². The first-order valence-corrected chi connectivity index (χ1v) is 26.2. The van der Waals surface area contributed by atoms with Gasteiger partial charge in [0, 0.05) is 6.42 Å². The molecular weight excluding hydrogens is 743 g/mol. The molecule has 0 fully saturated rings. The highest BCUT2D eigenvalue weighted by Crippen LogP contribution is 2.17. The molecule has 0 aromatic carbocycles. The molecule has 3 N–H and O–H groups in total. The monoisotopic (exact) mass is 844 g/mol. The van der Waals surface area contributed by atoms with Crippen molar-refractivity contribution in [1.82, 2.24) is 5.32 Å². The van der Waals surface area contributed by atoms with E-state index in [9.17, 15) is 19.8 Å². The molecule has 6 heteroatoms. The number of aliphatic hydroxyl groups is 2. The molecule has 1 amide bonds. The van der Waals surface area contributed by atoms with Crippen molar-refractivity contribution in [2.24, 2.45) is 0 Å². The van der Waals surface area contributed by atoms with Crippen molar-refractivity contribution in [2.45, 2.75) is 289 Å². The number of carbonyl (C=O) groups excluding carboxylic acids is 2. The van der Waals surface area contributed by atoms with Crippen LogP contribution in [0.1, 0.15) is 271 Å². The van der Waals surface area contributed by atoms with E-state index in [1.165, 1.54) is 141 Å². The fourth-order valence-electron chi connectivity index (χ4n) is 7.95. The van der Waals surface area contributed by atoms with E-state index < -0.39 is 18.2 Å². The molecule has 3 unspecified atom stereocenters. The predicted molar refractivity (Wildman–Crippen MR) is 259 cm³/mol. The molecule has 0 heterocycles. The van der Waals surface area contributed by atoms with Gasteiger partial charge >= 0.3 is 5.97 Å². The zero-order valence-corrected chi connectivity index (χ0v) is 40.1. The third kappa shape index (κ3) is 42.8. The Labute approximate surface area is 373 Å². The van der Waals surface area contributed by atoms with Crippen molar-refractivity contribution < 1.29 is 24.5 Å². The van der Waals surface area contributed by atoms with Crippen LogP contribution in [0, 0.1) is 0 Å². The average molecular weight is 844 g/mol. The van der Waals surface area contributed by atoms with Crippen LogP contribution in [0.15, 0.2) is 36.5 Å². The van der Waals surface area contributed by atoms with E-state index in [0.717, 1.165) is 83.5 Å². The SMILES string of the molecule is CCCCC/C=C\CCCCCC(CC(=O)NC(CO)C(O)CCCCCCCCCCCCCCCCC)OC(=O)CCCCC/C=C/C=C/CCCCCCCCC. The molecule has 0 spiro atoms. The van der Waals surface area contributed by atoms with Crippen molar-refractivity contribution in [2.75, 3.05) is 6.61 Å². The van der Waals surface area contributed by atoms with Gasteiger partial charge in [-0.25, -0.2) is 0 Å². The number of unbranched alkanes of at least 4 members (excludes halogenated alkanes) is 30. The molecule has 0 aromatic heterocycles. The maximum absolute atomic E-state index is 13.2. The summed E-state index contributed by atoms with van der Waals surface area (Å²) in [7, 11) is 0. The number of esters is 1. The summed E-state index contributed by atoms with van der Waals surface area (Å²) >= 11 is 0. The summed E-state index contributed by atoms with van der Waals surface area (Å²) in [6.07, 6.45) is 56.4. The number of allylic oxidation sites excluding steroid dienone is 6. The molecule has 0 bridgehead atoms. The second-order valence-electron chi connectivity index (χ2n) is 17.9. The highest BCUT2D eigenvalue weighted by molar-refractivity contribution is 5.77. The minimum Gasteiger partial charge on any atom is -0.462 e. The zero-order valence-electron chi connectivity index (χ0n) is 40.1. The first kappa shape index (κ1) is 58.1. The molecule has 0 rings (SSSR count). The van der Waals surface area contributed by atoms with Gasteiger partial charge in [0.05, 0.1) is 25.2 Å². The molecule has 3 atom stereocenters. The second-order valence-corrected chi connectivity index (χ2v) is 17.9. The molecular formula is C54H101NO5. The summed E-state index contributed by atoms with van der Waals surface area (Å²) in [4.78, 5) is 26.1. The van der Waals surface area contributed by atoms with Crippen LogP contribution in [0.25, 0.3) is 0 Å². The van der Waals surface area contributed by atoms with Crippen LogP contribution in [0.3, 0.4) is 0 Å². The van der Waals surface area contributed by atoms with Crippen molar-refractivity contribution >= 4 is 11.9 Å². The van der Waals surface area contributed by atoms with Crippen LogP contribution in [0.4, 0.5) is 0 Å². The lowest BCUT2D eigenvalue weighted by molar-refractivity contribution is -0.151. The Morgan fingerprint density at radius 3 is 1.33 bits per heavy atom. The maximum Gasteiger partial charge on any atom is 0.306 e. The predicted octanol–water partition coefficient (Wildman–Crippen LogP) is 15.7. The molecule has 6 nitrogen and oxygen atoms in total. The number of rotatable bonds is 47. The quantitative estimate of drug-likeness (QED) is 0.0245. The lowest BCUT2D eigenvalue weighted by Crippen LogP contribution is -2.46. The molecule has 0 aromatic rings. The van der Waals surface area contributed by atoms with Crippen LogP contribution in [-0.2, 0) is 14.3 Å². The van der Waals surface area contributed by atoms with Gasteiger partial charge in [0.2, 0.25) is 5.91 Å². The summed E-state index contributed by atoms with van der Waals surface area (Å²) in [6, 6.07) is -0.709. The van der Waals surface area contributed by atoms with Gasteiger partial charge in [-0.3, -0.25) is 9.59 Å². The highest BCUT2D eigenvalue weighted by Gasteiger charge is 2.24. The van der Waals surface area contributed by atoms with Gasteiger partial charge in [-0.2, -0.15) is 0 Å². The first-order valence-electron chi connectivity index (χ1n) is 26.2. The fraction of sp³-hybridized carbons (Fsp3) is 0.852. The van der Waals surface area contributed by atoms with Gasteiger partial charge in [0.25, 0.3) is 0 Å². The topological polar surface area (TPSA) is 95.9 Å². The van der Waals surface area contributed by atoms with Crippen LogP contribution < -0.4 is 5.32 Å². The van der Waals surface area contributed by atoms with Crippen molar-refractivity contribution in [3.63, 3.8) is 0 Å². The second kappa shape index (κ2) is 48.1. The molecule has 0 aliphatic carbocycles. The standard InChI is InChI=1S/C54H101NO5/c1-4-7-10-13-16-19-22-24-26-28-30-32-35-38-41-44-47-54(59)60-50(45-42-39-36-33-21-18-15-12-9-6-3)48-53(58)55-51(49-56)52(57)46-43-40-37-34-31-29-27-25-23-20-17-14-11-8-5-2/h18,21,26,28,30,32,50-52,56-57H,4-17,19-20,22-25,27,29,31,33-49H2,1-3H3,(H,55,58)/b21-18-,28-26+,32-30+. The fourth-order valence-corrected chi connectivity index (χ4v) is 7.95. The minimum atomic E-state index is -0.794. The third-order valence-electron chi connectivity index (χ3n) is 12.0. The van der Waals surface area contributed by atoms with Crippen molar-refractivity contribution in [3.8, 4) is 0 Å². The number of ether oxygens (including phenoxy) is 1. The summed E-state index contributed by atoms with van der Waals surface area (Å²) in [6.45, 7) is 6.45. The van der Waals surface area contributed by atoms with E-state index in [1.807, 2.05) is 0 Å². The Morgan fingerprint density at radius 2 is 0.850 bits per heavy atom.